The van der Waals surface area contributed by atoms with Crippen molar-refractivity contribution in [3.63, 3.8) is 0 Å². The summed E-state index contributed by atoms with van der Waals surface area (Å²) in [6.45, 7) is -1.79. The molecule has 8 nitrogen and oxygen atoms in total. The summed E-state index contributed by atoms with van der Waals surface area (Å²) in [6, 6.07) is 0. The summed E-state index contributed by atoms with van der Waals surface area (Å²) in [4.78, 5) is 11.2. The largest absolute Gasteiger partial charge is 0.394 e. The Morgan fingerprint density at radius 1 is 0.812 bits per heavy atom. The summed E-state index contributed by atoms with van der Waals surface area (Å²) < 4.78 is 0. The molecule has 8 heteroatoms. The molecule has 0 fully saturated rings. The highest BCUT2D eigenvalue weighted by molar-refractivity contribution is 5.88. The number of hydrogen-bond donors (Lipinski definition) is 7. The lowest BCUT2D eigenvalue weighted by Crippen LogP contribution is -2.50. The smallest absolute Gasteiger partial charge is 0.195 e. The first-order chi connectivity index (χ1) is 7.36. The van der Waals surface area contributed by atoms with E-state index in [4.69, 9.17) is 30.6 Å². The summed E-state index contributed by atoms with van der Waals surface area (Å²) >= 11 is 0. The molecule has 96 valence electrons. The van der Waals surface area contributed by atoms with E-state index >= 15 is 0 Å². The highest BCUT2D eigenvalue weighted by Crippen LogP contribution is 2.06. The van der Waals surface area contributed by atoms with Crippen LogP contribution in [0.15, 0.2) is 0 Å². The molecular weight excluding hydrogens is 224 g/mol. The molecule has 0 aliphatic carbocycles. The number of ketones is 1. The molecule has 5 atom stereocenters. The Morgan fingerprint density at radius 2 is 1.25 bits per heavy atom. The maximum Gasteiger partial charge on any atom is 0.195 e. The molecule has 7 N–H and O–H groups in total. The number of carbonyl (C=O) groups is 1. The molecule has 0 aliphatic rings. The van der Waals surface area contributed by atoms with E-state index < -0.39 is 49.5 Å². The van der Waals surface area contributed by atoms with E-state index in [0.717, 1.165) is 0 Å². The molecule has 0 rings (SSSR count). The van der Waals surface area contributed by atoms with Crippen molar-refractivity contribution in [1.29, 1.82) is 0 Å². The fourth-order valence-electron chi connectivity index (χ4n) is 0.951. The predicted molar refractivity (Wildman–Crippen MR) is 49.2 cm³/mol. The van der Waals surface area contributed by atoms with Gasteiger partial charge >= 0.3 is 0 Å². The Morgan fingerprint density at radius 3 is 1.62 bits per heavy atom. The fourth-order valence-corrected chi connectivity index (χ4v) is 0.951. The molecule has 0 saturated heterocycles. The van der Waals surface area contributed by atoms with Gasteiger partial charge in [-0.2, -0.15) is 0 Å². The zero-order chi connectivity index (χ0) is 12.9. The minimum absolute atomic E-state index is 0.885. The second-order valence-corrected chi connectivity index (χ2v) is 3.28. The maximum atomic E-state index is 11.2. The van der Waals surface area contributed by atoms with E-state index in [-0.39, 0.29) is 0 Å². The second kappa shape index (κ2) is 6.86. The first kappa shape index (κ1) is 15.4. The van der Waals surface area contributed by atoms with Crippen molar-refractivity contribution >= 4 is 5.78 Å². The van der Waals surface area contributed by atoms with Crippen LogP contribution >= 0.6 is 0 Å². The minimum atomic E-state index is -2.17. The van der Waals surface area contributed by atoms with Crippen LogP contribution in [0.25, 0.3) is 0 Å². The third-order valence-corrected chi connectivity index (χ3v) is 2.04. The highest BCUT2D eigenvalue weighted by atomic mass is 16.4. The van der Waals surface area contributed by atoms with Crippen LogP contribution in [0.4, 0.5) is 0 Å². The Bertz CT molecular complexity index is 220. The molecule has 0 bridgehead atoms. The van der Waals surface area contributed by atoms with E-state index in [2.05, 4.69) is 0 Å². The standard InChI is InChI=1S/C8H16O8/c9-1-3(11)5(13)7(15)8(16)6(14)4(12)2-10/h3-7,9-15H,1-2H2/t3-,4+,5+,6-,7+/m0/s1. The monoisotopic (exact) mass is 240 g/mol. The van der Waals surface area contributed by atoms with Gasteiger partial charge in [-0.15, -0.1) is 0 Å². The molecule has 0 saturated carbocycles. The molecule has 16 heavy (non-hydrogen) atoms. The summed E-state index contributed by atoms with van der Waals surface area (Å²) in [5, 5.41) is 62.1. The number of hydrogen-bond acceptors (Lipinski definition) is 8. The summed E-state index contributed by atoms with van der Waals surface area (Å²) in [5.74, 6) is -1.36. The van der Waals surface area contributed by atoms with Gasteiger partial charge in [0.2, 0.25) is 0 Å². The molecule has 0 aromatic carbocycles. The lowest BCUT2D eigenvalue weighted by Gasteiger charge is -2.23. The molecule has 0 aromatic heterocycles. The lowest BCUT2D eigenvalue weighted by atomic mass is 9.98. The Kier molecular flexibility index (Phi) is 6.60. The van der Waals surface area contributed by atoms with Gasteiger partial charge in [-0.25, -0.2) is 0 Å². The van der Waals surface area contributed by atoms with Crippen molar-refractivity contribution in [2.75, 3.05) is 13.2 Å². The molecular formula is C8H16O8. The second-order valence-electron chi connectivity index (χ2n) is 3.28. The quantitative estimate of drug-likeness (QED) is 0.234. The molecule has 0 aromatic rings. The Hall–Kier alpha value is -0.610. The third-order valence-electron chi connectivity index (χ3n) is 2.04. The van der Waals surface area contributed by atoms with Crippen molar-refractivity contribution in [2.24, 2.45) is 0 Å². The van der Waals surface area contributed by atoms with E-state index in [1.807, 2.05) is 0 Å². The van der Waals surface area contributed by atoms with Crippen molar-refractivity contribution in [1.82, 2.24) is 0 Å². The maximum absolute atomic E-state index is 11.2. The zero-order valence-electron chi connectivity index (χ0n) is 8.34. The van der Waals surface area contributed by atoms with Crippen LogP contribution in [0.1, 0.15) is 0 Å². The number of aliphatic hydroxyl groups is 7. The summed E-state index contributed by atoms with van der Waals surface area (Å²) in [7, 11) is 0. The van der Waals surface area contributed by atoms with Gasteiger partial charge in [0, 0.05) is 0 Å². The van der Waals surface area contributed by atoms with Gasteiger partial charge < -0.3 is 35.7 Å². The normalized spacial score (nSPS) is 20.9. The van der Waals surface area contributed by atoms with Crippen LogP contribution in [0.5, 0.6) is 0 Å². The van der Waals surface area contributed by atoms with Gasteiger partial charge in [0.05, 0.1) is 13.2 Å². The van der Waals surface area contributed by atoms with Crippen LogP contribution in [0.2, 0.25) is 0 Å². The number of aliphatic hydroxyl groups excluding tert-OH is 7. The van der Waals surface area contributed by atoms with Crippen LogP contribution < -0.4 is 0 Å². The third kappa shape index (κ3) is 3.76. The predicted octanol–water partition coefficient (Wildman–Crippen LogP) is -4.66. The van der Waals surface area contributed by atoms with Crippen LogP contribution in [0, 0.1) is 0 Å². The van der Waals surface area contributed by atoms with E-state index in [9.17, 15) is 9.90 Å². The zero-order valence-corrected chi connectivity index (χ0v) is 8.34. The molecule has 0 unspecified atom stereocenters. The van der Waals surface area contributed by atoms with Gasteiger partial charge in [0.1, 0.15) is 30.5 Å². The summed E-state index contributed by atoms with van der Waals surface area (Å²) in [6.07, 6.45) is -9.78. The van der Waals surface area contributed by atoms with Crippen LogP contribution in [0.3, 0.4) is 0 Å². The van der Waals surface area contributed by atoms with Gasteiger partial charge in [-0.1, -0.05) is 0 Å². The Labute approximate surface area is 91.0 Å². The number of Topliss-reactive ketones (excluding diaryl/α,β-unsaturated/α-hetero) is 1. The average molecular weight is 240 g/mol. The molecule has 0 radical (unpaired) electrons. The van der Waals surface area contributed by atoms with E-state index in [1.165, 1.54) is 0 Å². The van der Waals surface area contributed by atoms with E-state index in [1.54, 1.807) is 0 Å². The topological polar surface area (TPSA) is 159 Å². The fraction of sp³-hybridized carbons (Fsp3) is 0.875. The van der Waals surface area contributed by atoms with Crippen molar-refractivity contribution in [3.05, 3.63) is 0 Å². The van der Waals surface area contributed by atoms with Crippen molar-refractivity contribution < 1.29 is 40.5 Å². The minimum Gasteiger partial charge on any atom is -0.394 e. The van der Waals surface area contributed by atoms with Gasteiger partial charge in [-0.05, 0) is 0 Å². The number of rotatable bonds is 7. The summed E-state index contributed by atoms with van der Waals surface area (Å²) in [5.41, 5.74) is 0. The van der Waals surface area contributed by atoms with Crippen molar-refractivity contribution in [3.8, 4) is 0 Å². The molecule has 0 heterocycles. The number of carbonyl (C=O) groups excluding carboxylic acids is 1. The first-order valence-electron chi connectivity index (χ1n) is 4.52. The van der Waals surface area contributed by atoms with Crippen LogP contribution in [-0.4, -0.2) is 85.3 Å². The SMILES string of the molecule is O=C([C@@H](O)[C@H](O)CO)[C@H](O)[C@H](O)[C@@H](O)CO. The molecule has 0 spiro atoms. The van der Waals surface area contributed by atoms with Gasteiger partial charge in [0.15, 0.2) is 5.78 Å². The first-order valence-corrected chi connectivity index (χ1v) is 4.52. The van der Waals surface area contributed by atoms with Gasteiger partial charge in [-0.3, -0.25) is 4.79 Å². The van der Waals surface area contributed by atoms with E-state index in [0.29, 0.717) is 0 Å². The van der Waals surface area contributed by atoms with Crippen molar-refractivity contribution in [2.45, 2.75) is 30.5 Å². The Balaban J connectivity index is 4.48. The van der Waals surface area contributed by atoms with Crippen LogP contribution in [-0.2, 0) is 4.79 Å². The van der Waals surface area contributed by atoms with Gasteiger partial charge in [0.25, 0.3) is 0 Å². The lowest BCUT2D eigenvalue weighted by molar-refractivity contribution is -0.155. The average Bonchev–Trinajstić information content (AvgIpc) is 2.32. The molecule has 0 amide bonds. The highest BCUT2D eigenvalue weighted by Gasteiger charge is 2.36. The molecule has 0 aliphatic heterocycles.